The van der Waals surface area contributed by atoms with Crippen molar-refractivity contribution in [1.29, 1.82) is 0 Å². The summed E-state index contributed by atoms with van der Waals surface area (Å²) in [6.07, 6.45) is 2.28. The maximum absolute atomic E-state index is 6.37. The summed E-state index contributed by atoms with van der Waals surface area (Å²) < 4.78 is 6.29. The molecule has 2 N–H and O–H groups in total. The van der Waals surface area contributed by atoms with Crippen molar-refractivity contribution >= 4 is 15.9 Å². The number of halogens is 1. The van der Waals surface area contributed by atoms with Crippen molar-refractivity contribution in [2.75, 3.05) is 13.7 Å². The van der Waals surface area contributed by atoms with Gasteiger partial charge >= 0.3 is 0 Å². The molecule has 1 heterocycles. The molecule has 0 aromatic heterocycles. The van der Waals surface area contributed by atoms with Crippen LogP contribution in [0.4, 0.5) is 0 Å². The van der Waals surface area contributed by atoms with Crippen LogP contribution in [-0.2, 0) is 0 Å². The van der Waals surface area contributed by atoms with Gasteiger partial charge < -0.3 is 10.5 Å². The molecule has 0 aliphatic carbocycles. The van der Waals surface area contributed by atoms with Crippen LogP contribution in [-0.4, -0.2) is 30.6 Å². The second-order valence-electron chi connectivity index (χ2n) is 5.48. The molecule has 0 saturated carbocycles. The van der Waals surface area contributed by atoms with E-state index in [0.717, 1.165) is 23.2 Å². The van der Waals surface area contributed by atoms with Crippen molar-refractivity contribution in [3.05, 3.63) is 28.2 Å². The molecule has 0 radical (unpaired) electrons. The normalized spacial score (nSPS) is 24.7. The van der Waals surface area contributed by atoms with Crippen LogP contribution in [0.1, 0.15) is 38.3 Å². The molecule has 1 aromatic rings. The summed E-state index contributed by atoms with van der Waals surface area (Å²) in [5.74, 6) is 0.865. The Labute approximate surface area is 124 Å². The van der Waals surface area contributed by atoms with Crippen molar-refractivity contribution < 1.29 is 4.74 Å². The number of rotatable bonds is 3. The first-order valence-electron chi connectivity index (χ1n) is 6.89. The molecule has 1 aliphatic rings. The number of ether oxygens (including phenoxy) is 1. The summed E-state index contributed by atoms with van der Waals surface area (Å²) in [7, 11) is 1.69. The Hall–Kier alpha value is -0.580. The minimum absolute atomic E-state index is 0.205. The Bertz CT molecular complexity index is 436. The average molecular weight is 327 g/mol. The van der Waals surface area contributed by atoms with Crippen LogP contribution in [0.2, 0.25) is 0 Å². The number of likely N-dealkylation sites (tertiary alicyclic amines) is 1. The van der Waals surface area contributed by atoms with Gasteiger partial charge in [-0.1, -0.05) is 6.07 Å². The van der Waals surface area contributed by atoms with E-state index in [1.807, 2.05) is 6.07 Å². The van der Waals surface area contributed by atoms with E-state index in [2.05, 4.69) is 46.8 Å². The highest BCUT2D eigenvalue weighted by Crippen LogP contribution is 2.35. The van der Waals surface area contributed by atoms with E-state index < -0.39 is 0 Å². The molecule has 106 valence electrons. The van der Waals surface area contributed by atoms with Gasteiger partial charge in [0.05, 0.1) is 17.6 Å². The predicted molar refractivity (Wildman–Crippen MR) is 82.5 cm³/mol. The molecule has 0 spiro atoms. The number of hydrogen-bond donors (Lipinski definition) is 1. The number of hydrogen-bond acceptors (Lipinski definition) is 3. The first-order chi connectivity index (χ1) is 9.04. The van der Waals surface area contributed by atoms with Gasteiger partial charge in [0.1, 0.15) is 5.75 Å². The summed E-state index contributed by atoms with van der Waals surface area (Å²) in [6.45, 7) is 5.60. The highest BCUT2D eigenvalue weighted by molar-refractivity contribution is 9.10. The quantitative estimate of drug-likeness (QED) is 0.925. The molecule has 4 heteroatoms. The third kappa shape index (κ3) is 3.12. The molecule has 1 aliphatic heterocycles. The van der Waals surface area contributed by atoms with Crippen molar-refractivity contribution in [2.45, 2.75) is 44.8 Å². The molecule has 2 unspecified atom stereocenters. The van der Waals surface area contributed by atoms with E-state index in [0.29, 0.717) is 12.1 Å². The van der Waals surface area contributed by atoms with Gasteiger partial charge in [-0.15, -0.1) is 0 Å². The molecule has 1 saturated heterocycles. The summed E-state index contributed by atoms with van der Waals surface area (Å²) in [6, 6.07) is 7.31. The van der Waals surface area contributed by atoms with Crippen molar-refractivity contribution in [2.24, 2.45) is 5.73 Å². The molecule has 2 atom stereocenters. The largest absolute Gasteiger partial charge is 0.496 e. The zero-order chi connectivity index (χ0) is 14.0. The van der Waals surface area contributed by atoms with Crippen LogP contribution < -0.4 is 10.5 Å². The number of methoxy groups -OCH3 is 1. The SMILES string of the molecule is COc1ccc(C2C(N)CCCN2C(C)C)cc1Br. The number of piperidine rings is 1. The van der Waals surface area contributed by atoms with E-state index in [1.54, 1.807) is 7.11 Å². The van der Waals surface area contributed by atoms with Crippen LogP contribution in [0.15, 0.2) is 22.7 Å². The van der Waals surface area contributed by atoms with Crippen LogP contribution in [0.25, 0.3) is 0 Å². The van der Waals surface area contributed by atoms with Crippen LogP contribution in [0.3, 0.4) is 0 Å². The zero-order valence-corrected chi connectivity index (χ0v) is 13.5. The fourth-order valence-corrected chi connectivity index (χ4v) is 3.50. The van der Waals surface area contributed by atoms with Gasteiger partial charge in [0, 0.05) is 12.1 Å². The lowest BCUT2D eigenvalue weighted by Gasteiger charge is -2.42. The fraction of sp³-hybridized carbons (Fsp3) is 0.600. The molecule has 19 heavy (non-hydrogen) atoms. The third-order valence-electron chi connectivity index (χ3n) is 3.90. The number of benzene rings is 1. The van der Waals surface area contributed by atoms with Crippen LogP contribution in [0.5, 0.6) is 5.75 Å². The molecule has 1 fully saturated rings. The standard InChI is InChI=1S/C15H23BrN2O/c1-10(2)18-8-4-5-13(17)15(18)11-6-7-14(19-3)12(16)9-11/h6-7,9-10,13,15H,4-5,8,17H2,1-3H3. The Morgan fingerprint density at radius 1 is 1.42 bits per heavy atom. The smallest absolute Gasteiger partial charge is 0.133 e. The Morgan fingerprint density at radius 3 is 2.74 bits per heavy atom. The second kappa shape index (κ2) is 6.25. The van der Waals surface area contributed by atoms with E-state index in [9.17, 15) is 0 Å². The summed E-state index contributed by atoms with van der Waals surface area (Å²) in [5, 5.41) is 0. The average Bonchev–Trinajstić information content (AvgIpc) is 2.38. The highest BCUT2D eigenvalue weighted by atomic mass is 79.9. The zero-order valence-electron chi connectivity index (χ0n) is 11.9. The maximum atomic E-state index is 6.37. The lowest BCUT2D eigenvalue weighted by molar-refractivity contribution is 0.0946. The van der Waals surface area contributed by atoms with Crippen molar-refractivity contribution in [3.63, 3.8) is 0 Å². The predicted octanol–water partition coefficient (Wildman–Crippen LogP) is 3.33. The molecule has 2 rings (SSSR count). The molecule has 0 bridgehead atoms. The van der Waals surface area contributed by atoms with E-state index in [4.69, 9.17) is 10.5 Å². The van der Waals surface area contributed by atoms with Gasteiger partial charge in [0.25, 0.3) is 0 Å². The van der Waals surface area contributed by atoms with Crippen molar-refractivity contribution in [1.82, 2.24) is 4.90 Å². The summed E-state index contributed by atoms with van der Waals surface area (Å²) in [4.78, 5) is 2.50. The van der Waals surface area contributed by atoms with E-state index in [1.165, 1.54) is 12.0 Å². The van der Waals surface area contributed by atoms with Crippen molar-refractivity contribution in [3.8, 4) is 5.75 Å². The topological polar surface area (TPSA) is 38.5 Å². The molecular weight excluding hydrogens is 304 g/mol. The molecular formula is C15H23BrN2O. The highest BCUT2D eigenvalue weighted by Gasteiger charge is 2.32. The van der Waals surface area contributed by atoms with E-state index >= 15 is 0 Å². The monoisotopic (exact) mass is 326 g/mol. The maximum Gasteiger partial charge on any atom is 0.133 e. The Balaban J connectivity index is 2.33. The summed E-state index contributed by atoms with van der Waals surface area (Å²) in [5.41, 5.74) is 7.64. The lowest BCUT2D eigenvalue weighted by Crippen LogP contribution is -2.48. The van der Waals surface area contributed by atoms with Gasteiger partial charge in [-0.05, 0) is 66.9 Å². The first kappa shape index (κ1) is 14.8. The van der Waals surface area contributed by atoms with Gasteiger partial charge in [0.2, 0.25) is 0 Å². The van der Waals surface area contributed by atoms with Gasteiger partial charge in [0.15, 0.2) is 0 Å². The lowest BCUT2D eigenvalue weighted by atomic mass is 9.90. The van der Waals surface area contributed by atoms with Crippen LogP contribution >= 0.6 is 15.9 Å². The number of nitrogens with zero attached hydrogens (tertiary/aromatic N) is 1. The molecule has 0 amide bonds. The first-order valence-corrected chi connectivity index (χ1v) is 7.68. The van der Waals surface area contributed by atoms with E-state index in [-0.39, 0.29) is 6.04 Å². The fourth-order valence-electron chi connectivity index (χ4n) is 2.94. The summed E-state index contributed by atoms with van der Waals surface area (Å²) >= 11 is 3.57. The second-order valence-corrected chi connectivity index (χ2v) is 6.33. The minimum Gasteiger partial charge on any atom is -0.496 e. The Morgan fingerprint density at radius 2 is 2.16 bits per heavy atom. The van der Waals surface area contributed by atoms with Gasteiger partial charge in [-0.2, -0.15) is 0 Å². The molecule has 3 nitrogen and oxygen atoms in total. The van der Waals surface area contributed by atoms with Gasteiger partial charge in [-0.25, -0.2) is 0 Å². The Kier molecular flexibility index (Phi) is 4.87. The molecule has 1 aromatic carbocycles. The number of nitrogens with two attached hydrogens (primary N) is 1. The minimum atomic E-state index is 0.205. The van der Waals surface area contributed by atoms with Crippen LogP contribution in [0, 0.1) is 0 Å². The third-order valence-corrected chi connectivity index (χ3v) is 4.52. The van der Waals surface area contributed by atoms with Gasteiger partial charge in [-0.3, -0.25) is 4.90 Å².